The zero-order chi connectivity index (χ0) is 30.3. The Balaban J connectivity index is 1.31. The van der Waals surface area contributed by atoms with Gasteiger partial charge in [0.15, 0.2) is 0 Å². The number of anilines is 3. The minimum absolute atomic E-state index is 0.0253. The summed E-state index contributed by atoms with van der Waals surface area (Å²) in [4.78, 5) is 39.3. The third kappa shape index (κ3) is 4.75. The number of carbonyl (C=O) groups is 1. The van der Waals surface area contributed by atoms with Gasteiger partial charge in [-0.2, -0.15) is 5.26 Å². The van der Waals surface area contributed by atoms with Gasteiger partial charge in [0.2, 0.25) is 0 Å². The van der Waals surface area contributed by atoms with E-state index in [-0.39, 0.29) is 29.3 Å². The van der Waals surface area contributed by atoms with E-state index in [1.165, 1.54) is 5.56 Å². The van der Waals surface area contributed by atoms with E-state index in [9.17, 15) is 10.1 Å². The van der Waals surface area contributed by atoms with E-state index < -0.39 is 0 Å². The summed E-state index contributed by atoms with van der Waals surface area (Å²) in [6, 6.07) is 9.54. The molecule has 0 bridgehead atoms. The predicted molar refractivity (Wildman–Crippen MR) is 168 cm³/mol. The Morgan fingerprint density at radius 2 is 1.93 bits per heavy atom. The first kappa shape index (κ1) is 28.5. The quantitative estimate of drug-likeness (QED) is 0.332. The lowest BCUT2D eigenvalue weighted by Crippen LogP contribution is -2.59. The molecule has 220 valence electrons. The van der Waals surface area contributed by atoms with Gasteiger partial charge in [-0.25, -0.2) is 15.0 Å². The molecule has 5 heterocycles. The van der Waals surface area contributed by atoms with Crippen LogP contribution in [0.2, 0.25) is 0 Å². The first-order chi connectivity index (χ1) is 20.8. The van der Waals surface area contributed by atoms with Gasteiger partial charge in [-0.1, -0.05) is 32.1 Å². The molecule has 1 unspecified atom stereocenters. The van der Waals surface area contributed by atoms with Crippen molar-refractivity contribution < 1.29 is 4.79 Å². The second-order valence-electron chi connectivity index (χ2n) is 12.1. The minimum Gasteiger partial charge on any atom is -0.350 e. The van der Waals surface area contributed by atoms with Crippen LogP contribution < -0.4 is 9.80 Å². The van der Waals surface area contributed by atoms with Crippen molar-refractivity contribution >= 4 is 28.9 Å². The van der Waals surface area contributed by atoms with Crippen molar-refractivity contribution in [2.24, 2.45) is 5.92 Å². The van der Waals surface area contributed by atoms with Gasteiger partial charge >= 0.3 is 0 Å². The molecule has 3 aromatic heterocycles. The van der Waals surface area contributed by atoms with Gasteiger partial charge in [0.1, 0.15) is 29.5 Å². The SMILES string of the molecule is C=CC(CC)C(=C)c1cccnc1C(=O)N1C[C@H](C)N(c2ncnc3c2C2(CCC2)CN3c2cc(C#N)ccn2)C[C@H]1C. The summed E-state index contributed by atoms with van der Waals surface area (Å²) in [6.07, 6.45) is 11.0. The fourth-order valence-corrected chi connectivity index (χ4v) is 6.99. The number of allylic oxidation sites excluding steroid dienone is 2. The van der Waals surface area contributed by atoms with Crippen molar-refractivity contribution in [3.05, 3.63) is 84.6 Å². The van der Waals surface area contributed by atoms with Gasteiger partial charge in [0, 0.05) is 66.6 Å². The molecule has 1 saturated carbocycles. The van der Waals surface area contributed by atoms with Crippen molar-refractivity contribution in [1.29, 1.82) is 5.26 Å². The Bertz CT molecular complexity index is 1620. The van der Waals surface area contributed by atoms with Crippen LogP contribution in [0.5, 0.6) is 0 Å². The highest BCUT2D eigenvalue weighted by Crippen LogP contribution is 2.56. The van der Waals surface area contributed by atoms with Crippen LogP contribution in [0, 0.1) is 17.2 Å². The largest absolute Gasteiger partial charge is 0.350 e. The molecule has 0 N–H and O–H groups in total. The van der Waals surface area contributed by atoms with Crippen LogP contribution in [0.4, 0.5) is 17.5 Å². The lowest BCUT2D eigenvalue weighted by molar-refractivity contribution is 0.0637. The molecule has 1 aliphatic carbocycles. The fraction of sp³-hybridized carbons (Fsp3) is 0.412. The average Bonchev–Trinajstić information content (AvgIpc) is 3.39. The summed E-state index contributed by atoms with van der Waals surface area (Å²) in [5.74, 6) is 2.56. The van der Waals surface area contributed by atoms with E-state index in [0.717, 1.165) is 60.8 Å². The van der Waals surface area contributed by atoms with Crippen LogP contribution in [0.25, 0.3) is 5.57 Å². The van der Waals surface area contributed by atoms with E-state index in [1.54, 1.807) is 24.8 Å². The Morgan fingerprint density at radius 3 is 2.63 bits per heavy atom. The third-order valence-electron chi connectivity index (χ3n) is 9.56. The molecule has 9 heteroatoms. The van der Waals surface area contributed by atoms with E-state index in [0.29, 0.717) is 24.3 Å². The van der Waals surface area contributed by atoms with Gasteiger partial charge in [0.25, 0.3) is 5.91 Å². The van der Waals surface area contributed by atoms with Crippen molar-refractivity contribution in [3.8, 4) is 6.07 Å². The van der Waals surface area contributed by atoms with Crippen molar-refractivity contribution in [2.75, 3.05) is 29.4 Å². The number of hydrogen-bond acceptors (Lipinski definition) is 8. The highest BCUT2D eigenvalue weighted by atomic mass is 16.2. The monoisotopic (exact) mass is 574 g/mol. The predicted octanol–water partition coefficient (Wildman–Crippen LogP) is 5.68. The maximum Gasteiger partial charge on any atom is 0.273 e. The Labute approximate surface area is 253 Å². The van der Waals surface area contributed by atoms with Crippen LogP contribution in [0.15, 0.2) is 62.2 Å². The van der Waals surface area contributed by atoms with Crippen LogP contribution in [-0.2, 0) is 5.41 Å². The summed E-state index contributed by atoms with van der Waals surface area (Å²) in [6.45, 7) is 16.6. The number of pyridine rings is 2. The van der Waals surface area contributed by atoms with Gasteiger partial charge in [-0.05, 0) is 56.9 Å². The molecule has 2 fully saturated rings. The summed E-state index contributed by atoms with van der Waals surface area (Å²) in [5.41, 5.74) is 3.80. The smallest absolute Gasteiger partial charge is 0.273 e. The zero-order valence-corrected chi connectivity index (χ0v) is 25.2. The first-order valence-electron chi connectivity index (χ1n) is 15.2. The number of nitriles is 1. The minimum atomic E-state index is -0.0762. The molecule has 6 rings (SSSR count). The van der Waals surface area contributed by atoms with E-state index in [4.69, 9.17) is 9.97 Å². The molecule has 0 aromatic carbocycles. The molecular weight excluding hydrogens is 536 g/mol. The molecule has 1 amide bonds. The molecule has 9 nitrogen and oxygen atoms in total. The fourth-order valence-electron chi connectivity index (χ4n) is 6.99. The molecule has 0 radical (unpaired) electrons. The molecule has 1 saturated heterocycles. The Kier molecular flexibility index (Phi) is 7.47. The molecule has 3 atom stereocenters. The van der Waals surface area contributed by atoms with Crippen molar-refractivity contribution in [3.63, 3.8) is 0 Å². The highest BCUT2D eigenvalue weighted by Gasteiger charge is 2.52. The first-order valence-corrected chi connectivity index (χ1v) is 15.2. The lowest BCUT2D eigenvalue weighted by Gasteiger charge is -2.47. The van der Waals surface area contributed by atoms with E-state index in [2.05, 4.69) is 59.8 Å². The average molecular weight is 575 g/mol. The Hall–Kier alpha value is -4.58. The zero-order valence-electron chi connectivity index (χ0n) is 25.2. The molecular formula is C34H38N8O. The van der Waals surface area contributed by atoms with E-state index in [1.807, 2.05) is 29.2 Å². The van der Waals surface area contributed by atoms with Crippen LogP contribution in [0.1, 0.15) is 73.6 Å². The van der Waals surface area contributed by atoms with Crippen LogP contribution >= 0.6 is 0 Å². The van der Waals surface area contributed by atoms with Gasteiger partial charge in [-0.3, -0.25) is 9.78 Å². The molecule has 3 aliphatic rings. The summed E-state index contributed by atoms with van der Waals surface area (Å²) in [5, 5.41) is 9.48. The number of hydrogen-bond donors (Lipinski definition) is 0. The second kappa shape index (κ2) is 11.3. The normalized spacial score (nSPS) is 21.1. The number of aromatic nitrogens is 4. The summed E-state index contributed by atoms with van der Waals surface area (Å²) in [7, 11) is 0. The number of amides is 1. The molecule has 43 heavy (non-hydrogen) atoms. The maximum atomic E-state index is 14.0. The molecule has 3 aromatic rings. The number of piperazine rings is 1. The Morgan fingerprint density at radius 1 is 1.14 bits per heavy atom. The molecule has 2 aliphatic heterocycles. The number of carbonyl (C=O) groups excluding carboxylic acids is 1. The third-order valence-corrected chi connectivity index (χ3v) is 9.56. The summed E-state index contributed by atoms with van der Waals surface area (Å²) < 4.78 is 0. The maximum absolute atomic E-state index is 14.0. The number of rotatable bonds is 7. The van der Waals surface area contributed by atoms with E-state index >= 15 is 0 Å². The van der Waals surface area contributed by atoms with Crippen molar-refractivity contribution in [1.82, 2.24) is 24.8 Å². The van der Waals surface area contributed by atoms with Gasteiger partial charge < -0.3 is 14.7 Å². The second-order valence-corrected chi connectivity index (χ2v) is 12.1. The number of nitrogens with zero attached hydrogens (tertiary/aromatic N) is 8. The van der Waals surface area contributed by atoms with Crippen LogP contribution in [0.3, 0.4) is 0 Å². The molecule has 1 spiro atoms. The van der Waals surface area contributed by atoms with Gasteiger partial charge in [0.05, 0.1) is 11.6 Å². The van der Waals surface area contributed by atoms with Crippen LogP contribution in [-0.4, -0.2) is 62.5 Å². The number of fused-ring (bicyclic) bond motifs is 2. The summed E-state index contributed by atoms with van der Waals surface area (Å²) >= 11 is 0. The lowest BCUT2D eigenvalue weighted by atomic mass is 9.66. The van der Waals surface area contributed by atoms with Crippen molar-refractivity contribution in [2.45, 2.75) is 64.0 Å². The van der Waals surface area contributed by atoms with Gasteiger partial charge in [-0.15, -0.1) is 6.58 Å². The topological polar surface area (TPSA) is 102 Å². The highest BCUT2D eigenvalue weighted by molar-refractivity contribution is 5.98. The standard InChI is InChI=1S/C34H38N8O/c1-6-26(7-2)24(5)27-10-8-14-37-30(27)33(43)41-19-22(3)40(18-23(41)4)31-29-32(39-21-38-31)42(20-34(29)12-9-13-34)28-16-25(17-35)11-15-36-28/h6,8,10-11,14-16,21-23,26H,1,5,7,9,12-13,18-20H2,2-4H3/t22-,23+,26?/m0/s1.